The Morgan fingerprint density at radius 2 is 2.18 bits per heavy atom. The summed E-state index contributed by atoms with van der Waals surface area (Å²) in [5.41, 5.74) is -0.233. The van der Waals surface area contributed by atoms with Crippen molar-refractivity contribution >= 4 is 11.9 Å². The number of aromatic carboxylic acids is 1. The minimum Gasteiger partial charge on any atom is -0.476 e. The van der Waals surface area contributed by atoms with Gasteiger partial charge >= 0.3 is 11.9 Å². The van der Waals surface area contributed by atoms with Crippen LogP contribution in [0.4, 0.5) is 5.95 Å². The van der Waals surface area contributed by atoms with Crippen molar-refractivity contribution in [2.24, 2.45) is 0 Å². The van der Waals surface area contributed by atoms with Crippen molar-refractivity contribution in [2.75, 3.05) is 0 Å². The second kappa shape index (κ2) is 3.92. The van der Waals surface area contributed by atoms with E-state index in [-0.39, 0.29) is 11.5 Å². The van der Waals surface area contributed by atoms with Gasteiger partial charge in [0.1, 0.15) is 0 Å². The quantitative estimate of drug-likeness (QED) is 0.564. The predicted molar refractivity (Wildman–Crippen MR) is 50.6 cm³/mol. The second-order valence-corrected chi connectivity index (χ2v) is 2.83. The Bertz CT molecular complexity index is 576. The Labute approximate surface area is 92.7 Å². The van der Waals surface area contributed by atoms with Gasteiger partial charge < -0.3 is 15.2 Å². The molecule has 0 fully saturated rings. The van der Waals surface area contributed by atoms with Crippen LogP contribution < -0.4 is 0 Å². The van der Waals surface area contributed by atoms with E-state index in [2.05, 4.69) is 20.3 Å². The lowest BCUT2D eigenvalue weighted by Gasteiger charge is -1.94. The summed E-state index contributed by atoms with van der Waals surface area (Å²) >= 11 is 0. The van der Waals surface area contributed by atoms with E-state index in [1.165, 1.54) is 12.1 Å². The molecule has 2 aromatic heterocycles. The minimum absolute atomic E-state index is 0.135. The van der Waals surface area contributed by atoms with E-state index in [9.17, 15) is 14.9 Å². The molecule has 0 saturated carbocycles. The fourth-order valence-electron chi connectivity index (χ4n) is 1.01. The Kier molecular flexibility index (Phi) is 2.45. The zero-order chi connectivity index (χ0) is 12.4. The lowest BCUT2D eigenvalue weighted by Crippen LogP contribution is -2.06. The average molecular weight is 236 g/mol. The minimum atomic E-state index is -1.21. The van der Waals surface area contributed by atoms with Crippen LogP contribution in [0.15, 0.2) is 18.5 Å². The summed E-state index contributed by atoms with van der Waals surface area (Å²) in [7, 11) is 0. The molecule has 0 amide bonds. The van der Waals surface area contributed by atoms with Crippen LogP contribution in [0.25, 0.3) is 5.82 Å². The fraction of sp³-hybridized carbons (Fsp3) is 0. The van der Waals surface area contributed by atoms with Crippen molar-refractivity contribution in [3.8, 4) is 5.82 Å². The molecule has 0 saturated heterocycles. The molecule has 86 valence electrons. The van der Waals surface area contributed by atoms with Crippen molar-refractivity contribution in [2.45, 2.75) is 0 Å². The van der Waals surface area contributed by atoms with Gasteiger partial charge in [-0.25, -0.2) is 4.79 Å². The number of nitrogens with zero attached hydrogens (tertiary/aromatic N) is 6. The van der Waals surface area contributed by atoms with Gasteiger partial charge in [0.2, 0.25) is 6.33 Å². The summed E-state index contributed by atoms with van der Waals surface area (Å²) in [6, 6.07) is 2.52. The third-order valence-electron chi connectivity index (χ3n) is 1.75. The van der Waals surface area contributed by atoms with Crippen LogP contribution in [0, 0.1) is 10.1 Å². The first kappa shape index (κ1) is 10.6. The van der Waals surface area contributed by atoms with Crippen LogP contribution in [0.2, 0.25) is 0 Å². The Morgan fingerprint density at radius 1 is 1.41 bits per heavy atom. The van der Waals surface area contributed by atoms with Crippen molar-refractivity contribution in [3.63, 3.8) is 0 Å². The van der Waals surface area contributed by atoms with Crippen LogP contribution >= 0.6 is 0 Å². The number of carbonyl (C=O) groups is 1. The summed E-state index contributed by atoms with van der Waals surface area (Å²) in [4.78, 5) is 23.5. The molecule has 2 heterocycles. The summed E-state index contributed by atoms with van der Waals surface area (Å²) in [5, 5.41) is 29.4. The maximum absolute atomic E-state index is 10.5. The number of nitro groups is 1. The highest BCUT2D eigenvalue weighted by Gasteiger charge is 2.15. The highest BCUT2D eigenvalue weighted by Crippen LogP contribution is 2.05. The van der Waals surface area contributed by atoms with Crippen molar-refractivity contribution in [1.82, 2.24) is 25.0 Å². The third-order valence-corrected chi connectivity index (χ3v) is 1.75. The molecule has 17 heavy (non-hydrogen) atoms. The van der Waals surface area contributed by atoms with Crippen LogP contribution in [0.5, 0.6) is 0 Å². The smallest absolute Gasteiger partial charge is 0.476 e. The predicted octanol–water partition coefficient (Wildman–Crippen LogP) is -0.336. The first-order chi connectivity index (χ1) is 8.08. The van der Waals surface area contributed by atoms with Crippen LogP contribution in [0.3, 0.4) is 0 Å². The maximum atomic E-state index is 10.5. The van der Waals surface area contributed by atoms with Crippen molar-refractivity contribution in [3.05, 3.63) is 34.3 Å². The SMILES string of the molecule is O=C(O)c1ccc(-n2cnc([N+](=O)[O-])n2)nn1. The number of carboxylic acids is 1. The number of hydrogen-bond acceptors (Lipinski definition) is 7. The Morgan fingerprint density at radius 3 is 2.65 bits per heavy atom. The van der Waals surface area contributed by atoms with Gasteiger partial charge in [-0.3, -0.25) is 0 Å². The number of hydrogen-bond donors (Lipinski definition) is 1. The van der Waals surface area contributed by atoms with E-state index in [1.54, 1.807) is 0 Å². The largest absolute Gasteiger partial charge is 0.491 e. The van der Waals surface area contributed by atoms with Gasteiger partial charge in [-0.1, -0.05) is 4.98 Å². The molecule has 0 spiro atoms. The molecule has 10 heteroatoms. The van der Waals surface area contributed by atoms with E-state index in [1.807, 2.05) is 0 Å². The van der Waals surface area contributed by atoms with Gasteiger partial charge in [0.05, 0.1) is 0 Å². The standard InChI is InChI=1S/C7H4N6O4/c14-6(15)4-1-2-5(10-9-4)12-3-8-7(11-12)13(16)17/h1-3H,(H,14,15). The Hall–Kier alpha value is -2.91. The summed E-state index contributed by atoms with van der Waals surface area (Å²) in [6.45, 7) is 0. The molecule has 1 N–H and O–H groups in total. The monoisotopic (exact) mass is 236 g/mol. The van der Waals surface area contributed by atoms with Gasteiger partial charge in [-0.15, -0.1) is 14.9 Å². The van der Waals surface area contributed by atoms with Crippen molar-refractivity contribution < 1.29 is 14.8 Å². The molecule has 0 aliphatic rings. The topological polar surface area (TPSA) is 137 Å². The van der Waals surface area contributed by atoms with E-state index in [0.717, 1.165) is 11.0 Å². The van der Waals surface area contributed by atoms with Crippen molar-refractivity contribution in [1.29, 1.82) is 0 Å². The van der Waals surface area contributed by atoms with Gasteiger partial charge in [-0.05, 0) is 17.1 Å². The summed E-state index contributed by atoms with van der Waals surface area (Å²) < 4.78 is 1.02. The molecule has 2 rings (SSSR count). The van der Waals surface area contributed by atoms with Crippen LogP contribution in [-0.2, 0) is 0 Å². The number of aromatic nitrogens is 5. The first-order valence-electron chi connectivity index (χ1n) is 4.21. The Balaban J connectivity index is 2.33. The van der Waals surface area contributed by atoms with E-state index in [4.69, 9.17) is 5.11 Å². The second-order valence-electron chi connectivity index (χ2n) is 2.83. The highest BCUT2D eigenvalue weighted by molar-refractivity contribution is 5.85. The first-order valence-corrected chi connectivity index (χ1v) is 4.21. The molecular formula is C7H4N6O4. The lowest BCUT2D eigenvalue weighted by molar-refractivity contribution is -0.394. The molecule has 0 radical (unpaired) electrons. The molecule has 10 nitrogen and oxygen atoms in total. The highest BCUT2D eigenvalue weighted by atomic mass is 16.6. The summed E-state index contributed by atoms with van der Waals surface area (Å²) in [6.07, 6.45) is 1.09. The molecule has 2 aromatic rings. The maximum Gasteiger partial charge on any atom is 0.491 e. The normalized spacial score (nSPS) is 10.1. The van der Waals surface area contributed by atoms with E-state index in [0.29, 0.717) is 0 Å². The zero-order valence-electron chi connectivity index (χ0n) is 8.09. The lowest BCUT2D eigenvalue weighted by atomic mass is 10.4. The molecule has 0 aliphatic carbocycles. The molecule has 0 aliphatic heterocycles. The number of carboxylic acid groups (broad SMARTS) is 1. The molecule has 0 unspecified atom stereocenters. The fourth-order valence-corrected chi connectivity index (χ4v) is 1.01. The summed E-state index contributed by atoms with van der Waals surface area (Å²) in [5.74, 6) is -1.65. The molecule has 0 aromatic carbocycles. The van der Waals surface area contributed by atoms with Gasteiger partial charge in [0.25, 0.3) is 0 Å². The third kappa shape index (κ3) is 2.04. The molecule has 0 atom stereocenters. The van der Waals surface area contributed by atoms with Gasteiger partial charge in [0.15, 0.2) is 11.5 Å². The van der Waals surface area contributed by atoms with E-state index < -0.39 is 16.8 Å². The van der Waals surface area contributed by atoms with E-state index >= 15 is 0 Å². The van der Waals surface area contributed by atoms with Crippen LogP contribution in [0.1, 0.15) is 10.5 Å². The molecule has 0 bridgehead atoms. The van der Waals surface area contributed by atoms with Gasteiger partial charge in [-0.2, -0.15) is 0 Å². The number of rotatable bonds is 3. The van der Waals surface area contributed by atoms with Gasteiger partial charge in [0, 0.05) is 5.10 Å². The zero-order valence-corrected chi connectivity index (χ0v) is 8.09. The van der Waals surface area contributed by atoms with Crippen LogP contribution in [-0.4, -0.2) is 41.0 Å². The molecular weight excluding hydrogens is 232 g/mol. The average Bonchev–Trinajstić information content (AvgIpc) is 2.78.